The molecule has 1 fully saturated rings. The number of fused-ring (bicyclic) bond motifs is 1. The lowest BCUT2D eigenvalue weighted by Crippen LogP contribution is -2.46. The van der Waals surface area contributed by atoms with Gasteiger partial charge >= 0.3 is 0 Å². The second-order valence-electron chi connectivity index (χ2n) is 6.73. The van der Waals surface area contributed by atoms with Crippen molar-refractivity contribution in [1.82, 2.24) is 10.3 Å². The Morgan fingerprint density at radius 2 is 2.19 bits per heavy atom. The Bertz CT molecular complexity index is 980. The zero-order chi connectivity index (χ0) is 19.0. The lowest BCUT2D eigenvalue weighted by molar-refractivity contribution is -0.125. The summed E-state index contributed by atoms with van der Waals surface area (Å²) in [7, 11) is 0. The summed E-state index contributed by atoms with van der Waals surface area (Å²) in [4.78, 5) is 30.9. The number of rotatable bonds is 3. The summed E-state index contributed by atoms with van der Waals surface area (Å²) < 4.78 is 5.81. The summed E-state index contributed by atoms with van der Waals surface area (Å²) in [6.07, 6.45) is -0.00136. The van der Waals surface area contributed by atoms with Crippen LogP contribution in [0, 0.1) is 18.3 Å². The summed E-state index contributed by atoms with van der Waals surface area (Å²) >= 11 is 0. The monoisotopic (exact) mass is 362 g/mol. The van der Waals surface area contributed by atoms with Gasteiger partial charge in [-0.2, -0.15) is 5.26 Å². The van der Waals surface area contributed by atoms with Crippen LogP contribution in [0.2, 0.25) is 0 Å². The number of hydrogen-bond donors (Lipinski definition) is 1. The Kier molecular flexibility index (Phi) is 4.24. The van der Waals surface area contributed by atoms with Gasteiger partial charge in [-0.15, -0.1) is 0 Å². The van der Waals surface area contributed by atoms with Gasteiger partial charge in [-0.1, -0.05) is 6.07 Å². The molecule has 7 nitrogen and oxygen atoms in total. The minimum absolute atomic E-state index is 0.0282. The van der Waals surface area contributed by atoms with Crippen LogP contribution >= 0.6 is 0 Å². The van der Waals surface area contributed by atoms with Gasteiger partial charge in [0, 0.05) is 13.0 Å². The average Bonchev–Trinajstić information content (AvgIpc) is 3.03. The highest BCUT2D eigenvalue weighted by atomic mass is 16.5. The minimum Gasteiger partial charge on any atom is -0.482 e. The van der Waals surface area contributed by atoms with E-state index < -0.39 is 6.10 Å². The molecule has 0 aliphatic carbocycles. The molecule has 3 heterocycles. The fourth-order valence-electron chi connectivity index (χ4n) is 3.46. The van der Waals surface area contributed by atoms with Gasteiger partial charge in [-0.05, 0) is 36.8 Å². The molecule has 0 bridgehead atoms. The molecule has 2 aliphatic heterocycles. The molecule has 2 aromatic rings. The number of amides is 1. The van der Waals surface area contributed by atoms with E-state index in [1.807, 2.05) is 17.9 Å². The molecule has 7 heteroatoms. The van der Waals surface area contributed by atoms with E-state index in [1.54, 1.807) is 24.3 Å². The van der Waals surface area contributed by atoms with E-state index in [2.05, 4.69) is 16.4 Å². The molecule has 136 valence electrons. The van der Waals surface area contributed by atoms with Crippen LogP contribution in [0.25, 0.3) is 0 Å². The molecule has 1 atom stereocenters. The van der Waals surface area contributed by atoms with Gasteiger partial charge in [0.1, 0.15) is 11.6 Å². The molecule has 1 aromatic carbocycles. The van der Waals surface area contributed by atoms with E-state index in [0.29, 0.717) is 36.4 Å². The van der Waals surface area contributed by atoms with Gasteiger partial charge < -0.3 is 15.0 Å². The first-order valence-electron chi connectivity index (χ1n) is 8.78. The van der Waals surface area contributed by atoms with Crippen molar-refractivity contribution in [3.8, 4) is 11.8 Å². The van der Waals surface area contributed by atoms with Crippen molar-refractivity contribution in [2.45, 2.75) is 26.0 Å². The molecular weight excluding hydrogens is 344 g/mol. The smallest absolute Gasteiger partial charge is 0.253 e. The molecule has 0 saturated carbocycles. The number of Topliss-reactive ketones (excluding diaryl/α,β-unsaturated/α-hetero) is 1. The zero-order valence-electron chi connectivity index (χ0n) is 14.9. The number of nitrogens with one attached hydrogen (secondary N) is 1. The number of aryl methyl sites for hydroxylation is 1. The van der Waals surface area contributed by atoms with Crippen molar-refractivity contribution in [3.63, 3.8) is 0 Å². The first kappa shape index (κ1) is 17.0. The van der Waals surface area contributed by atoms with E-state index in [4.69, 9.17) is 10.00 Å². The van der Waals surface area contributed by atoms with E-state index in [-0.39, 0.29) is 18.2 Å². The van der Waals surface area contributed by atoms with E-state index in [1.165, 1.54) is 0 Å². The molecule has 0 spiro atoms. The molecule has 1 aromatic heterocycles. The van der Waals surface area contributed by atoms with Crippen molar-refractivity contribution in [2.24, 2.45) is 0 Å². The van der Waals surface area contributed by atoms with Crippen LogP contribution in [-0.2, 0) is 11.3 Å². The minimum atomic E-state index is -0.534. The maximum Gasteiger partial charge on any atom is 0.253 e. The highest BCUT2D eigenvalue weighted by molar-refractivity contribution is 5.98. The molecule has 4 rings (SSSR count). The third kappa shape index (κ3) is 3.22. The molecule has 1 saturated heterocycles. The maximum atomic E-state index is 12.6. The normalized spacial score (nSPS) is 18.7. The van der Waals surface area contributed by atoms with E-state index >= 15 is 0 Å². The summed E-state index contributed by atoms with van der Waals surface area (Å²) in [6.45, 7) is 3.15. The van der Waals surface area contributed by atoms with Gasteiger partial charge in [-0.25, -0.2) is 4.98 Å². The van der Waals surface area contributed by atoms with Crippen molar-refractivity contribution < 1.29 is 14.3 Å². The first-order valence-corrected chi connectivity index (χ1v) is 8.78. The van der Waals surface area contributed by atoms with Crippen LogP contribution < -0.4 is 15.0 Å². The maximum absolute atomic E-state index is 12.6. The molecule has 1 N–H and O–H groups in total. The Hall–Kier alpha value is -3.40. The van der Waals surface area contributed by atoms with Crippen LogP contribution in [0.4, 0.5) is 5.82 Å². The summed E-state index contributed by atoms with van der Waals surface area (Å²) in [5.74, 6) is 1.13. The van der Waals surface area contributed by atoms with E-state index in [0.717, 1.165) is 17.1 Å². The van der Waals surface area contributed by atoms with Crippen LogP contribution in [0.3, 0.4) is 0 Å². The SMILES string of the molecule is Cc1cc2c(nc1N1CC[C@H](Oc3cccc(C#N)c3)C(=O)C1)CNC2=O. The van der Waals surface area contributed by atoms with Gasteiger partial charge in [0.05, 0.1) is 36.0 Å². The van der Waals surface area contributed by atoms with Crippen molar-refractivity contribution in [3.05, 3.63) is 52.7 Å². The molecular formula is C20H18N4O3. The molecule has 1 amide bonds. The number of carbonyl (C=O) groups is 2. The predicted octanol–water partition coefficient (Wildman–Crippen LogP) is 1.73. The Balaban J connectivity index is 1.48. The van der Waals surface area contributed by atoms with Gasteiger partial charge in [0.15, 0.2) is 11.9 Å². The van der Waals surface area contributed by atoms with Crippen molar-refractivity contribution in [2.75, 3.05) is 18.0 Å². The molecule has 0 unspecified atom stereocenters. The van der Waals surface area contributed by atoms with Gasteiger partial charge in [0.25, 0.3) is 5.91 Å². The number of hydrogen-bond acceptors (Lipinski definition) is 6. The van der Waals surface area contributed by atoms with E-state index in [9.17, 15) is 9.59 Å². The number of ether oxygens (including phenoxy) is 1. The standard InChI is InChI=1S/C20H18N4O3/c1-12-7-15-16(10-22-20(15)26)23-19(12)24-6-5-18(17(25)11-24)27-14-4-2-3-13(8-14)9-21/h2-4,7-8,18H,5-6,10-11H2,1H3,(H,22,26)/t18-/m0/s1. The number of carbonyl (C=O) groups excluding carboxylic acids is 2. The third-order valence-corrected chi connectivity index (χ3v) is 4.83. The number of ketones is 1. The fraction of sp³-hybridized carbons (Fsp3) is 0.300. The number of anilines is 1. The Labute approximate surface area is 156 Å². The second kappa shape index (κ2) is 6.72. The topological polar surface area (TPSA) is 95.3 Å². The predicted molar refractivity (Wildman–Crippen MR) is 97.6 cm³/mol. The largest absolute Gasteiger partial charge is 0.482 e. The number of benzene rings is 1. The quantitative estimate of drug-likeness (QED) is 0.893. The summed E-state index contributed by atoms with van der Waals surface area (Å²) in [5.41, 5.74) is 2.70. The third-order valence-electron chi connectivity index (χ3n) is 4.83. The number of nitriles is 1. The fourth-order valence-corrected chi connectivity index (χ4v) is 3.46. The number of pyridine rings is 1. The number of piperidine rings is 1. The van der Waals surface area contributed by atoms with Crippen molar-refractivity contribution in [1.29, 1.82) is 5.26 Å². The molecule has 2 aliphatic rings. The van der Waals surface area contributed by atoms with Gasteiger partial charge in [-0.3, -0.25) is 9.59 Å². The summed E-state index contributed by atoms with van der Waals surface area (Å²) in [6, 6.07) is 10.7. The van der Waals surface area contributed by atoms with Gasteiger partial charge in [0.2, 0.25) is 0 Å². The first-order chi connectivity index (χ1) is 13.0. The molecule has 0 radical (unpaired) electrons. The molecule has 27 heavy (non-hydrogen) atoms. The summed E-state index contributed by atoms with van der Waals surface area (Å²) in [5, 5.41) is 11.7. The lowest BCUT2D eigenvalue weighted by atomic mass is 10.0. The Morgan fingerprint density at radius 1 is 1.33 bits per heavy atom. The Morgan fingerprint density at radius 3 is 2.96 bits per heavy atom. The van der Waals surface area contributed by atoms with Crippen LogP contribution in [-0.4, -0.2) is 35.9 Å². The van der Waals surface area contributed by atoms with Crippen LogP contribution in [0.1, 0.15) is 33.6 Å². The van der Waals surface area contributed by atoms with Crippen LogP contribution in [0.5, 0.6) is 5.75 Å². The zero-order valence-corrected chi connectivity index (χ0v) is 14.9. The average molecular weight is 362 g/mol. The van der Waals surface area contributed by atoms with Crippen LogP contribution in [0.15, 0.2) is 30.3 Å². The highest BCUT2D eigenvalue weighted by Gasteiger charge is 2.31. The lowest BCUT2D eigenvalue weighted by Gasteiger charge is -2.32. The number of aromatic nitrogens is 1. The van der Waals surface area contributed by atoms with Crippen molar-refractivity contribution >= 4 is 17.5 Å². The highest BCUT2D eigenvalue weighted by Crippen LogP contribution is 2.26. The number of nitrogens with zero attached hydrogens (tertiary/aromatic N) is 3. The second-order valence-corrected chi connectivity index (χ2v) is 6.73.